The fourth-order valence-corrected chi connectivity index (χ4v) is 2.12. The zero-order chi connectivity index (χ0) is 8.60. The average molecular weight is 170 g/mol. The first-order valence-corrected chi connectivity index (χ1v) is 4.72. The van der Waals surface area contributed by atoms with E-state index in [-0.39, 0.29) is 0 Å². The van der Waals surface area contributed by atoms with Crippen molar-refractivity contribution in [2.75, 3.05) is 33.4 Å². The SMILES string of the molecule is CN1CC[C@@](C)(NC2COC2)C1. The van der Waals surface area contributed by atoms with E-state index in [2.05, 4.69) is 24.2 Å². The molecule has 12 heavy (non-hydrogen) atoms. The Morgan fingerprint density at radius 2 is 2.25 bits per heavy atom. The van der Waals surface area contributed by atoms with Gasteiger partial charge in [0.25, 0.3) is 0 Å². The van der Waals surface area contributed by atoms with Gasteiger partial charge in [0.05, 0.1) is 19.3 Å². The Balaban J connectivity index is 1.84. The Morgan fingerprint density at radius 3 is 2.67 bits per heavy atom. The minimum Gasteiger partial charge on any atom is -0.378 e. The molecule has 0 aliphatic carbocycles. The van der Waals surface area contributed by atoms with Gasteiger partial charge in [-0.3, -0.25) is 0 Å². The highest BCUT2D eigenvalue weighted by atomic mass is 16.5. The van der Waals surface area contributed by atoms with E-state index in [0.29, 0.717) is 11.6 Å². The van der Waals surface area contributed by atoms with E-state index in [1.165, 1.54) is 19.5 Å². The number of nitrogens with one attached hydrogen (secondary N) is 1. The van der Waals surface area contributed by atoms with Crippen LogP contribution in [0.25, 0.3) is 0 Å². The zero-order valence-corrected chi connectivity index (χ0v) is 7.97. The van der Waals surface area contributed by atoms with Crippen LogP contribution in [0, 0.1) is 0 Å². The zero-order valence-electron chi connectivity index (χ0n) is 7.97. The molecule has 0 amide bonds. The van der Waals surface area contributed by atoms with Gasteiger partial charge in [0.2, 0.25) is 0 Å². The maximum Gasteiger partial charge on any atom is 0.0643 e. The van der Waals surface area contributed by atoms with Crippen molar-refractivity contribution in [1.82, 2.24) is 10.2 Å². The number of hydrogen-bond acceptors (Lipinski definition) is 3. The molecule has 2 aliphatic rings. The van der Waals surface area contributed by atoms with Crippen molar-refractivity contribution in [1.29, 1.82) is 0 Å². The van der Waals surface area contributed by atoms with Crippen LogP contribution < -0.4 is 5.32 Å². The van der Waals surface area contributed by atoms with E-state index < -0.39 is 0 Å². The highest BCUT2D eigenvalue weighted by Crippen LogP contribution is 2.21. The molecule has 2 aliphatic heterocycles. The number of rotatable bonds is 2. The summed E-state index contributed by atoms with van der Waals surface area (Å²) in [6, 6.07) is 0.612. The molecule has 3 heteroatoms. The molecule has 1 N–H and O–H groups in total. The number of hydrogen-bond donors (Lipinski definition) is 1. The van der Waals surface area contributed by atoms with Crippen molar-refractivity contribution in [3.8, 4) is 0 Å². The number of likely N-dealkylation sites (tertiary alicyclic amines) is 1. The second-order valence-electron chi connectivity index (χ2n) is 4.43. The molecule has 0 bridgehead atoms. The lowest BCUT2D eigenvalue weighted by molar-refractivity contribution is -0.0171. The summed E-state index contributed by atoms with van der Waals surface area (Å²) in [7, 11) is 2.18. The lowest BCUT2D eigenvalue weighted by Gasteiger charge is -2.36. The third kappa shape index (κ3) is 1.63. The quantitative estimate of drug-likeness (QED) is 0.634. The van der Waals surface area contributed by atoms with Crippen LogP contribution in [0.15, 0.2) is 0 Å². The molecule has 2 fully saturated rings. The van der Waals surface area contributed by atoms with E-state index in [1.54, 1.807) is 0 Å². The normalized spacial score (nSPS) is 38.5. The van der Waals surface area contributed by atoms with Gasteiger partial charge in [-0.15, -0.1) is 0 Å². The minimum atomic E-state index is 0.337. The van der Waals surface area contributed by atoms with Gasteiger partial charge < -0.3 is 15.0 Å². The molecule has 3 nitrogen and oxygen atoms in total. The van der Waals surface area contributed by atoms with Gasteiger partial charge in [-0.2, -0.15) is 0 Å². The van der Waals surface area contributed by atoms with E-state index in [0.717, 1.165) is 13.2 Å². The summed E-state index contributed by atoms with van der Waals surface area (Å²) < 4.78 is 5.14. The van der Waals surface area contributed by atoms with Gasteiger partial charge in [-0.05, 0) is 26.9 Å². The van der Waals surface area contributed by atoms with Crippen LogP contribution in [0.1, 0.15) is 13.3 Å². The fourth-order valence-electron chi connectivity index (χ4n) is 2.12. The van der Waals surface area contributed by atoms with E-state index >= 15 is 0 Å². The van der Waals surface area contributed by atoms with E-state index in [4.69, 9.17) is 4.74 Å². The molecule has 2 saturated heterocycles. The van der Waals surface area contributed by atoms with Gasteiger partial charge in [0.15, 0.2) is 0 Å². The Hall–Kier alpha value is -0.120. The van der Waals surface area contributed by atoms with Crippen molar-refractivity contribution in [2.24, 2.45) is 0 Å². The summed E-state index contributed by atoms with van der Waals surface area (Å²) in [5.41, 5.74) is 0.337. The Morgan fingerprint density at radius 1 is 1.50 bits per heavy atom. The second-order valence-corrected chi connectivity index (χ2v) is 4.43. The average Bonchev–Trinajstić information content (AvgIpc) is 2.24. The fraction of sp³-hybridized carbons (Fsp3) is 1.00. The largest absolute Gasteiger partial charge is 0.378 e. The Kier molecular flexibility index (Phi) is 2.10. The van der Waals surface area contributed by atoms with Crippen molar-refractivity contribution in [3.05, 3.63) is 0 Å². The van der Waals surface area contributed by atoms with Crippen LogP contribution in [0.5, 0.6) is 0 Å². The monoisotopic (exact) mass is 170 g/mol. The molecule has 0 aromatic heterocycles. The third-order valence-corrected chi connectivity index (χ3v) is 2.85. The Bertz CT molecular complexity index is 170. The number of ether oxygens (including phenoxy) is 1. The molecule has 0 aromatic rings. The second kappa shape index (κ2) is 2.98. The molecule has 0 aromatic carbocycles. The molecule has 0 unspecified atom stereocenters. The van der Waals surface area contributed by atoms with Gasteiger partial charge >= 0.3 is 0 Å². The molecular weight excluding hydrogens is 152 g/mol. The molecule has 1 atom stereocenters. The predicted molar refractivity (Wildman–Crippen MR) is 48.3 cm³/mol. The first kappa shape index (κ1) is 8.48. The van der Waals surface area contributed by atoms with Gasteiger partial charge in [0, 0.05) is 12.1 Å². The lowest BCUT2D eigenvalue weighted by atomic mass is 10.00. The van der Waals surface area contributed by atoms with E-state index in [1.807, 2.05) is 0 Å². The molecular formula is C9H18N2O. The first-order valence-electron chi connectivity index (χ1n) is 4.72. The van der Waals surface area contributed by atoms with Gasteiger partial charge in [-0.1, -0.05) is 0 Å². The third-order valence-electron chi connectivity index (χ3n) is 2.85. The highest BCUT2D eigenvalue weighted by molar-refractivity contribution is 4.95. The highest BCUT2D eigenvalue weighted by Gasteiger charge is 2.35. The van der Waals surface area contributed by atoms with E-state index in [9.17, 15) is 0 Å². The Labute approximate surface area is 74.1 Å². The van der Waals surface area contributed by atoms with Crippen LogP contribution >= 0.6 is 0 Å². The molecule has 0 spiro atoms. The van der Waals surface area contributed by atoms with Gasteiger partial charge in [-0.25, -0.2) is 0 Å². The minimum absolute atomic E-state index is 0.337. The van der Waals surface area contributed by atoms with Crippen LogP contribution in [-0.4, -0.2) is 49.8 Å². The maximum atomic E-state index is 5.14. The van der Waals surface area contributed by atoms with Gasteiger partial charge in [0.1, 0.15) is 0 Å². The number of nitrogens with zero attached hydrogens (tertiary/aromatic N) is 1. The summed E-state index contributed by atoms with van der Waals surface area (Å²) in [4.78, 5) is 2.38. The number of likely N-dealkylation sites (N-methyl/N-ethyl adjacent to an activating group) is 1. The summed E-state index contributed by atoms with van der Waals surface area (Å²) in [6.45, 7) is 6.51. The van der Waals surface area contributed by atoms with Crippen LogP contribution in [-0.2, 0) is 4.74 Å². The maximum absolute atomic E-state index is 5.14. The predicted octanol–water partition coefficient (Wildman–Crippen LogP) is 0.0690. The smallest absolute Gasteiger partial charge is 0.0643 e. The van der Waals surface area contributed by atoms with Crippen molar-refractivity contribution in [2.45, 2.75) is 24.9 Å². The molecule has 0 radical (unpaired) electrons. The van der Waals surface area contributed by atoms with Crippen molar-refractivity contribution >= 4 is 0 Å². The van der Waals surface area contributed by atoms with Crippen LogP contribution in [0.4, 0.5) is 0 Å². The topological polar surface area (TPSA) is 24.5 Å². The van der Waals surface area contributed by atoms with Crippen molar-refractivity contribution in [3.63, 3.8) is 0 Å². The van der Waals surface area contributed by atoms with Crippen LogP contribution in [0.2, 0.25) is 0 Å². The standard InChI is InChI=1S/C9H18N2O/c1-9(3-4-11(2)7-9)10-8-5-12-6-8/h8,10H,3-7H2,1-2H3/t9-/m1/s1. The van der Waals surface area contributed by atoms with Crippen LogP contribution in [0.3, 0.4) is 0 Å². The molecule has 2 heterocycles. The summed E-state index contributed by atoms with van der Waals surface area (Å²) >= 11 is 0. The van der Waals surface area contributed by atoms with Crippen molar-refractivity contribution < 1.29 is 4.74 Å². The summed E-state index contributed by atoms with van der Waals surface area (Å²) in [5, 5.41) is 3.66. The summed E-state index contributed by atoms with van der Waals surface area (Å²) in [6.07, 6.45) is 1.26. The molecule has 0 saturated carbocycles. The molecule has 70 valence electrons. The first-order chi connectivity index (χ1) is 5.68. The lowest BCUT2D eigenvalue weighted by Crippen LogP contribution is -2.57. The summed E-state index contributed by atoms with van der Waals surface area (Å²) in [5.74, 6) is 0. The molecule has 2 rings (SSSR count).